The lowest BCUT2D eigenvalue weighted by Gasteiger charge is -2.22. The molecule has 5 nitrogen and oxygen atoms in total. The molecule has 1 fully saturated rings. The summed E-state index contributed by atoms with van der Waals surface area (Å²) in [6.07, 6.45) is -2.64. The summed E-state index contributed by atoms with van der Waals surface area (Å²) in [4.78, 5) is 26.1. The normalized spacial score (nSPS) is 19.1. The third kappa shape index (κ3) is 4.99. The molecule has 1 atom stereocenters. The van der Waals surface area contributed by atoms with E-state index in [9.17, 15) is 22.8 Å². The van der Waals surface area contributed by atoms with E-state index in [1.54, 1.807) is 16.7 Å². The fourth-order valence-electron chi connectivity index (χ4n) is 2.39. The number of carbonyl (C=O) groups excluding carboxylic acids is 2. The summed E-state index contributed by atoms with van der Waals surface area (Å²) in [5.74, 6) is -0.608. The second-order valence-electron chi connectivity index (χ2n) is 4.99. The molecule has 2 N–H and O–H groups in total. The molecule has 9 heteroatoms. The van der Waals surface area contributed by atoms with Gasteiger partial charge in [-0.3, -0.25) is 15.0 Å². The molecule has 1 saturated heterocycles. The van der Waals surface area contributed by atoms with Crippen molar-refractivity contribution in [1.29, 1.82) is 0 Å². The molecule has 1 aliphatic rings. The Morgan fingerprint density at radius 3 is 2.82 bits per heavy atom. The average molecular weight is 335 g/mol. The monoisotopic (exact) mass is 335 g/mol. The van der Waals surface area contributed by atoms with Crippen molar-refractivity contribution in [3.8, 4) is 0 Å². The van der Waals surface area contributed by atoms with Crippen LogP contribution in [0.15, 0.2) is 17.5 Å². The number of alkyl halides is 3. The predicted molar refractivity (Wildman–Crippen MR) is 75.5 cm³/mol. The molecule has 0 aromatic carbocycles. The molecule has 22 heavy (non-hydrogen) atoms. The smallest absolute Gasteiger partial charge is 0.329 e. The predicted octanol–water partition coefficient (Wildman–Crippen LogP) is 2.27. The SMILES string of the molecule is O=C(CN1CCC[C@H]1c1cccs1)NC(=O)NCC(F)(F)F. The first kappa shape index (κ1) is 16.8. The van der Waals surface area contributed by atoms with E-state index in [4.69, 9.17) is 0 Å². The van der Waals surface area contributed by atoms with Gasteiger partial charge in [0.2, 0.25) is 5.91 Å². The molecule has 2 rings (SSSR count). The summed E-state index contributed by atoms with van der Waals surface area (Å²) >= 11 is 1.60. The highest BCUT2D eigenvalue weighted by Gasteiger charge is 2.30. The van der Waals surface area contributed by atoms with Crippen molar-refractivity contribution in [2.75, 3.05) is 19.6 Å². The lowest BCUT2D eigenvalue weighted by Crippen LogP contribution is -2.46. The van der Waals surface area contributed by atoms with Gasteiger partial charge in [-0.15, -0.1) is 11.3 Å². The van der Waals surface area contributed by atoms with E-state index in [0.29, 0.717) is 0 Å². The number of thiophene rings is 1. The Morgan fingerprint density at radius 1 is 1.41 bits per heavy atom. The molecule has 0 bridgehead atoms. The summed E-state index contributed by atoms with van der Waals surface area (Å²) in [6, 6.07) is 2.92. The molecule has 122 valence electrons. The molecular formula is C13H16F3N3O2S. The number of nitrogens with zero attached hydrogens (tertiary/aromatic N) is 1. The van der Waals surface area contributed by atoms with Crippen LogP contribution in [0, 0.1) is 0 Å². The quantitative estimate of drug-likeness (QED) is 0.887. The first-order valence-corrected chi connectivity index (χ1v) is 7.65. The van der Waals surface area contributed by atoms with Crippen LogP contribution >= 0.6 is 11.3 Å². The average Bonchev–Trinajstić information content (AvgIpc) is 3.05. The fraction of sp³-hybridized carbons (Fsp3) is 0.538. The van der Waals surface area contributed by atoms with Crippen molar-refractivity contribution in [3.63, 3.8) is 0 Å². The van der Waals surface area contributed by atoms with Gasteiger partial charge in [0, 0.05) is 10.9 Å². The van der Waals surface area contributed by atoms with Crippen molar-refractivity contribution < 1.29 is 22.8 Å². The van der Waals surface area contributed by atoms with E-state index in [-0.39, 0.29) is 12.6 Å². The molecule has 0 radical (unpaired) electrons. The van der Waals surface area contributed by atoms with Crippen molar-refractivity contribution in [3.05, 3.63) is 22.4 Å². The summed E-state index contributed by atoms with van der Waals surface area (Å²) in [5.41, 5.74) is 0. The number of likely N-dealkylation sites (tertiary alicyclic amines) is 1. The van der Waals surface area contributed by atoms with Crippen molar-refractivity contribution in [2.45, 2.75) is 25.1 Å². The summed E-state index contributed by atoms with van der Waals surface area (Å²) in [5, 5.41) is 5.48. The Balaban J connectivity index is 1.80. The third-order valence-corrected chi connectivity index (χ3v) is 4.26. The standard InChI is InChI=1S/C13H16F3N3O2S/c14-13(15,16)8-17-12(21)18-11(20)7-19-5-1-3-9(19)10-4-2-6-22-10/h2,4,6,9H,1,3,5,7-8H2,(H2,17,18,20,21)/t9-/m0/s1. The Bertz CT molecular complexity index is 519. The number of carbonyl (C=O) groups is 2. The highest BCUT2D eigenvalue weighted by Crippen LogP contribution is 2.33. The topological polar surface area (TPSA) is 61.4 Å². The van der Waals surface area contributed by atoms with Gasteiger partial charge in [0.15, 0.2) is 0 Å². The van der Waals surface area contributed by atoms with Crippen LogP contribution < -0.4 is 10.6 Å². The van der Waals surface area contributed by atoms with Gasteiger partial charge >= 0.3 is 12.2 Å². The summed E-state index contributed by atoms with van der Waals surface area (Å²) in [6.45, 7) is -0.754. The molecule has 1 aromatic rings. The number of urea groups is 1. The minimum atomic E-state index is -4.50. The van der Waals surface area contributed by atoms with Crippen LogP contribution in [0.2, 0.25) is 0 Å². The van der Waals surface area contributed by atoms with Crippen LogP contribution in [0.3, 0.4) is 0 Å². The number of imide groups is 1. The number of halogens is 3. The number of hydrogen-bond acceptors (Lipinski definition) is 4. The van der Waals surface area contributed by atoms with Crippen LogP contribution in [0.5, 0.6) is 0 Å². The van der Waals surface area contributed by atoms with Crippen LogP contribution in [0.1, 0.15) is 23.8 Å². The molecular weight excluding hydrogens is 319 g/mol. The van der Waals surface area contributed by atoms with Gasteiger partial charge in [-0.05, 0) is 30.8 Å². The Morgan fingerprint density at radius 2 is 2.18 bits per heavy atom. The highest BCUT2D eigenvalue weighted by molar-refractivity contribution is 7.10. The zero-order chi connectivity index (χ0) is 16.2. The van der Waals surface area contributed by atoms with E-state index in [0.717, 1.165) is 24.3 Å². The molecule has 1 aliphatic heterocycles. The lowest BCUT2D eigenvalue weighted by atomic mass is 10.2. The Labute approximate surface area is 129 Å². The van der Waals surface area contributed by atoms with E-state index in [1.165, 1.54) is 0 Å². The Hall–Kier alpha value is -1.61. The van der Waals surface area contributed by atoms with Gasteiger partial charge in [-0.2, -0.15) is 13.2 Å². The van der Waals surface area contributed by atoms with Crippen LogP contribution in [-0.2, 0) is 4.79 Å². The molecule has 2 heterocycles. The highest BCUT2D eigenvalue weighted by atomic mass is 32.1. The van der Waals surface area contributed by atoms with Gasteiger partial charge in [0.1, 0.15) is 6.54 Å². The van der Waals surface area contributed by atoms with Gasteiger partial charge in [0.25, 0.3) is 0 Å². The number of amides is 3. The largest absolute Gasteiger partial charge is 0.405 e. The van der Waals surface area contributed by atoms with Crippen LogP contribution in [0.4, 0.5) is 18.0 Å². The van der Waals surface area contributed by atoms with E-state index < -0.39 is 24.7 Å². The second kappa shape index (κ2) is 7.10. The number of nitrogens with one attached hydrogen (secondary N) is 2. The van der Waals surface area contributed by atoms with Gasteiger partial charge in [-0.1, -0.05) is 6.07 Å². The van der Waals surface area contributed by atoms with Crippen molar-refractivity contribution in [1.82, 2.24) is 15.5 Å². The van der Waals surface area contributed by atoms with Crippen LogP contribution in [0.25, 0.3) is 0 Å². The van der Waals surface area contributed by atoms with Crippen LogP contribution in [-0.4, -0.2) is 42.6 Å². The summed E-state index contributed by atoms with van der Waals surface area (Å²) < 4.78 is 35.9. The molecule has 0 unspecified atom stereocenters. The number of rotatable bonds is 4. The maximum absolute atomic E-state index is 12.0. The minimum absolute atomic E-state index is 0.0119. The first-order valence-electron chi connectivity index (χ1n) is 6.77. The Kier molecular flexibility index (Phi) is 5.41. The molecule has 0 aliphatic carbocycles. The molecule has 1 aromatic heterocycles. The molecule has 0 saturated carbocycles. The van der Waals surface area contributed by atoms with E-state index in [2.05, 4.69) is 0 Å². The zero-order valence-corrected chi connectivity index (χ0v) is 12.5. The van der Waals surface area contributed by atoms with Crippen molar-refractivity contribution >= 4 is 23.3 Å². The molecule has 3 amide bonds. The van der Waals surface area contributed by atoms with Crippen molar-refractivity contribution in [2.24, 2.45) is 0 Å². The maximum atomic E-state index is 12.0. The van der Waals surface area contributed by atoms with E-state index >= 15 is 0 Å². The zero-order valence-electron chi connectivity index (χ0n) is 11.7. The number of hydrogen-bond donors (Lipinski definition) is 2. The molecule has 0 spiro atoms. The first-order chi connectivity index (χ1) is 10.3. The third-order valence-electron chi connectivity index (χ3n) is 3.28. The van der Waals surface area contributed by atoms with Gasteiger partial charge < -0.3 is 5.32 Å². The maximum Gasteiger partial charge on any atom is 0.405 e. The van der Waals surface area contributed by atoms with Gasteiger partial charge in [-0.25, -0.2) is 4.79 Å². The fourth-order valence-corrected chi connectivity index (χ4v) is 3.29. The van der Waals surface area contributed by atoms with E-state index in [1.807, 2.05) is 27.7 Å². The summed E-state index contributed by atoms with van der Waals surface area (Å²) in [7, 11) is 0. The lowest BCUT2D eigenvalue weighted by molar-refractivity contribution is -0.125. The van der Waals surface area contributed by atoms with Gasteiger partial charge in [0.05, 0.1) is 6.54 Å². The second-order valence-corrected chi connectivity index (χ2v) is 5.97. The minimum Gasteiger partial charge on any atom is -0.329 e.